The van der Waals surface area contributed by atoms with Crippen LogP contribution in [0.2, 0.25) is 0 Å². The van der Waals surface area contributed by atoms with Crippen LogP contribution in [0.4, 0.5) is 5.69 Å². The number of benzene rings is 1. The summed E-state index contributed by atoms with van der Waals surface area (Å²) in [4.78, 5) is 16.7. The molecular formula is C18H19N3O. The Kier molecular flexibility index (Phi) is 3.92. The molecule has 1 aromatic carbocycles. The van der Waals surface area contributed by atoms with Crippen LogP contribution in [-0.2, 0) is 11.2 Å². The van der Waals surface area contributed by atoms with Crippen LogP contribution in [0.25, 0.3) is 5.65 Å². The molecule has 0 aliphatic heterocycles. The fourth-order valence-corrected chi connectivity index (χ4v) is 2.55. The van der Waals surface area contributed by atoms with Gasteiger partial charge in [-0.05, 0) is 29.7 Å². The molecule has 4 nitrogen and oxygen atoms in total. The third kappa shape index (κ3) is 3.01. The van der Waals surface area contributed by atoms with Gasteiger partial charge in [0.15, 0.2) is 0 Å². The highest BCUT2D eigenvalue weighted by atomic mass is 16.1. The summed E-state index contributed by atoms with van der Waals surface area (Å²) in [5.74, 6) is 0.322. The summed E-state index contributed by atoms with van der Waals surface area (Å²) in [7, 11) is 0. The number of nitrogens with zero attached hydrogens (tertiary/aromatic N) is 2. The number of hydrogen-bond donors (Lipinski definition) is 1. The van der Waals surface area contributed by atoms with Crippen LogP contribution in [0, 0.1) is 0 Å². The molecule has 0 saturated carbocycles. The van der Waals surface area contributed by atoms with E-state index in [9.17, 15) is 4.79 Å². The van der Waals surface area contributed by atoms with Gasteiger partial charge < -0.3 is 9.72 Å². The zero-order valence-electron chi connectivity index (χ0n) is 12.8. The second-order valence-corrected chi connectivity index (χ2v) is 5.67. The Labute approximate surface area is 129 Å². The first kappa shape index (κ1) is 14.3. The van der Waals surface area contributed by atoms with E-state index in [0.717, 1.165) is 22.6 Å². The number of carbonyl (C=O) groups is 1. The number of pyridine rings is 1. The summed E-state index contributed by atoms with van der Waals surface area (Å²) in [5, 5.41) is 3.00. The molecule has 22 heavy (non-hydrogen) atoms. The van der Waals surface area contributed by atoms with Crippen molar-refractivity contribution >= 4 is 17.2 Å². The van der Waals surface area contributed by atoms with Gasteiger partial charge in [-0.1, -0.05) is 38.1 Å². The Morgan fingerprint density at radius 1 is 1.18 bits per heavy atom. The van der Waals surface area contributed by atoms with Gasteiger partial charge in [-0.2, -0.15) is 0 Å². The highest BCUT2D eigenvalue weighted by Gasteiger charge is 2.11. The van der Waals surface area contributed by atoms with Crippen molar-refractivity contribution < 1.29 is 4.79 Å². The van der Waals surface area contributed by atoms with E-state index in [-0.39, 0.29) is 12.3 Å². The van der Waals surface area contributed by atoms with Gasteiger partial charge in [0.2, 0.25) is 5.91 Å². The summed E-state index contributed by atoms with van der Waals surface area (Å²) < 4.78 is 1.92. The number of para-hydroxylation sites is 1. The summed E-state index contributed by atoms with van der Waals surface area (Å²) in [6.45, 7) is 4.24. The topological polar surface area (TPSA) is 46.4 Å². The normalized spacial score (nSPS) is 11.0. The van der Waals surface area contributed by atoms with Crippen molar-refractivity contribution in [2.45, 2.75) is 26.2 Å². The first-order valence-electron chi connectivity index (χ1n) is 7.45. The van der Waals surface area contributed by atoms with Crippen molar-refractivity contribution in [3.63, 3.8) is 0 Å². The minimum atomic E-state index is -0.0449. The molecule has 0 saturated heterocycles. The van der Waals surface area contributed by atoms with Crippen LogP contribution in [0.1, 0.15) is 31.0 Å². The fourth-order valence-electron chi connectivity index (χ4n) is 2.55. The molecular weight excluding hydrogens is 274 g/mol. The number of fused-ring (bicyclic) bond motifs is 1. The summed E-state index contributed by atoms with van der Waals surface area (Å²) in [6.07, 6.45) is 4.09. The zero-order chi connectivity index (χ0) is 15.5. The molecule has 1 N–H and O–H groups in total. The molecule has 0 aliphatic carbocycles. The average molecular weight is 293 g/mol. The Balaban J connectivity index is 1.75. The van der Waals surface area contributed by atoms with Crippen molar-refractivity contribution in [3.05, 3.63) is 66.1 Å². The molecule has 112 valence electrons. The fraction of sp³-hybridized carbons (Fsp3) is 0.222. The van der Waals surface area contributed by atoms with E-state index in [2.05, 4.69) is 24.1 Å². The molecule has 3 aromatic rings. The van der Waals surface area contributed by atoms with E-state index in [1.165, 1.54) is 0 Å². The molecule has 2 aromatic heterocycles. The first-order chi connectivity index (χ1) is 10.6. The van der Waals surface area contributed by atoms with Crippen LogP contribution >= 0.6 is 0 Å². The van der Waals surface area contributed by atoms with Gasteiger partial charge >= 0.3 is 0 Å². The quantitative estimate of drug-likeness (QED) is 0.798. The summed E-state index contributed by atoms with van der Waals surface area (Å²) in [5.41, 5.74) is 3.65. The molecule has 2 heterocycles. The number of imidazole rings is 1. The molecule has 0 bridgehead atoms. The second kappa shape index (κ2) is 6.02. The molecule has 0 fully saturated rings. The van der Waals surface area contributed by atoms with Crippen LogP contribution in [0.5, 0.6) is 0 Å². The third-order valence-electron chi connectivity index (χ3n) is 3.61. The Morgan fingerprint density at radius 2 is 1.95 bits per heavy atom. The third-order valence-corrected chi connectivity index (χ3v) is 3.61. The number of aromatic nitrogens is 2. The van der Waals surface area contributed by atoms with E-state index >= 15 is 0 Å². The molecule has 3 rings (SSSR count). The Morgan fingerprint density at radius 3 is 2.73 bits per heavy atom. The number of hydrogen-bond acceptors (Lipinski definition) is 2. The molecule has 1 amide bonds. The van der Waals surface area contributed by atoms with Gasteiger partial charge in [-0.25, -0.2) is 4.98 Å². The van der Waals surface area contributed by atoms with Gasteiger partial charge in [0.05, 0.1) is 12.1 Å². The van der Waals surface area contributed by atoms with Crippen LogP contribution in [0.3, 0.4) is 0 Å². The molecule has 0 spiro atoms. The van der Waals surface area contributed by atoms with E-state index in [1.54, 1.807) is 0 Å². The molecule has 0 atom stereocenters. The maximum atomic E-state index is 12.3. The van der Waals surface area contributed by atoms with Gasteiger partial charge in [-0.3, -0.25) is 4.79 Å². The lowest BCUT2D eigenvalue weighted by Crippen LogP contribution is -2.16. The molecule has 0 radical (unpaired) electrons. The van der Waals surface area contributed by atoms with Gasteiger partial charge in [-0.15, -0.1) is 0 Å². The van der Waals surface area contributed by atoms with Crippen molar-refractivity contribution in [1.29, 1.82) is 0 Å². The number of anilines is 1. The number of rotatable bonds is 4. The van der Waals surface area contributed by atoms with Crippen LogP contribution in [-0.4, -0.2) is 15.3 Å². The smallest absolute Gasteiger partial charge is 0.230 e. The predicted molar refractivity (Wildman–Crippen MR) is 88.1 cm³/mol. The number of amides is 1. The molecule has 4 heteroatoms. The highest BCUT2D eigenvalue weighted by molar-refractivity contribution is 5.92. The van der Waals surface area contributed by atoms with Gasteiger partial charge in [0.1, 0.15) is 5.65 Å². The summed E-state index contributed by atoms with van der Waals surface area (Å²) >= 11 is 0. The standard InChI is InChI=1S/C18H19N3O/c1-13(2)15-7-3-4-8-16(15)20-18(22)11-14-12-21-10-6-5-9-17(21)19-14/h3-10,12-13H,11H2,1-2H3,(H,20,22). The number of carbonyl (C=O) groups excluding carboxylic acids is 1. The van der Waals surface area contributed by atoms with Gasteiger partial charge in [0.25, 0.3) is 0 Å². The van der Waals surface area contributed by atoms with Crippen molar-refractivity contribution in [2.75, 3.05) is 5.32 Å². The highest BCUT2D eigenvalue weighted by Crippen LogP contribution is 2.23. The van der Waals surface area contributed by atoms with Crippen molar-refractivity contribution in [2.24, 2.45) is 0 Å². The Hall–Kier alpha value is -2.62. The largest absolute Gasteiger partial charge is 0.325 e. The van der Waals surface area contributed by atoms with E-state index in [1.807, 2.05) is 59.3 Å². The van der Waals surface area contributed by atoms with E-state index in [0.29, 0.717) is 5.92 Å². The molecule has 0 unspecified atom stereocenters. The molecule has 0 aliphatic rings. The Bertz CT molecular complexity index is 772. The summed E-state index contributed by atoms with van der Waals surface area (Å²) in [6, 6.07) is 13.7. The van der Waals surface area contributed by atoms with Crippen molar-refractivity contribution in [3.8, 4) is 0 Å². The van der Waals surface area contributed by atoms with Crippen LogP contribution in [0.15, 0.2) is 54.9 Å². The van der Waals surface area contributed by atoms with E-state index in [4.69, 9.17) is 0 Å². The minimum Gasteiger partial charge on any atom is -0.325 e. The van der Waals surface area contributed by atoms with Crippen LogP contribution < -0.4 is 5.32 Å². The monoisotopic (exact) mass is 293 g/mol. The maximum Gasteiger partial charge on any atom is 0.230 e. The lowest BCUT2D eigenvalue weighted by atomic mass is 10.0. The average Bonchev–Trinajstić information content (AvgIpc) is 2.89. The predicted octanol–water partition coefficient (Wildman–Crippen LogP) is 3.64. The zero-order valence-corrected chi connectivity index (χ0v) is 12.8. The minimum absolute atomic E-state index is 0.0449. The van der Waals surface area contributed by atoms with Gasteiger partial charge in [0, 0.05) is 18.1 Å². The SMILES string of the molecule is CC(C)c1ccccc1NC(=O)Cc1cn2ccccc2n1. The maximum absolute atomic E-state index is 12.3. The lowest BCUT2D eigenvalue weighted by Gasteiger charge is -2.13. The lowest BCUT2D eigenvalue weighted by molar-refractivity contribution is -0.115. The van der Waals surface area contributed by atoms with Crippen molar-refractivity contribution in [1.82, 2.24) is 9.38 Å². The van der Waals surface area contributed by atoms with E-state index < -0.39 is 0 Å². The second-order valence-electron chi connectivity index (χ2n) is 5.67. The first-order valence-corrected chi connectivity index (χ1v) is 7.45. The number of nitrogens with one attached hydrogen (secondary N) is 1.